The Morgan fingerprint density at radius 2 is 1.92 bits per heavy atom. The number of hydrogen-bond donors (Lipinski definition) is 2. The molecule has 0 saturated heterocycles. The number of hydrogen-bond acceptors (Lipinski definition) is 2. The van der Waals surface area contributed by atoms with Crippen LogP contribution in [-0.4, -0.2) is 0 Å². The normalized spacial score (nSPS) is 15.7. The molecule has 1 aliphatic carbocycles. The predicted molar refractivity (Wildman–Crippen MR) is 105 cm³/mol. The zero-order chi connectivity index (χ0) is 17.2. The molecule has 0 bridgehead atoms. The second-order valence-electron chi connectivity index (χ2n) is 6.95. The van der Waals surface area contributed by atoms with Gasteiger partial charge >= 0.3 is 0 Å². The van der Waals surface area contributed by atoms with Gasteiger partial charge in [-0.15, -0.1) is 0 Å². The maximum atomic E-state index is 3.63. The Labute approximate surface area is 150 Å². The SMILES string of the molecule is Cc1ccc(C)c(CNC2=CC=C3Nc4ccccc4CC=C3C2)c1. The van der Waals surface area contributed by atoms with Gasteiger partial charge in [-0.3, -0.25) is 0 Å². The summed E-state index contributed by atoms with van der Waals surface area (Å²) in [5, 5.41) is 7.22. The molecule has 2 N–H and O–H groups in total. The molecule has 0 fully saturated rings. The van der Waals surface area contributed by atoms with E-state index in [0.29, 0.717) is 0 Å². The summed E-state index contributed by atoms with van der Waals surface area (Å²) in [6.45, 7) is 5.21. The highest BCUT2D eigenvalue weighted by atomic mass is 14.9. The summed E-state index contributed by atoms with van der Waals surface area (Å²) >= 11 is 0. The van der Waals surface area contributed by atoms with Crippen molar-refractivity contribution in [1.82, 2.24) is 5.32 Å². The number of aryl methyl sites for hydroxylation is 2. The van der Waals surface area contributed by atoms with E-state index in [2.05, 4.69) is 85.2 Å². The molecule has 0 radical (unpaired) electrons. The zero-order valence-corrected chi connectivity index (χ0v) is 14.9. The summed E-state index contributed by atoms with van der Waals surface area (Å²) in [6, 6.07) is 15.2. The van der Waals surface area contributed by atoms with E-state index in [1.165, 1.54) is 44.9 Å². The summed E-state index contributed by atoms with van der Waals surface area (Å²) in [4.78, 5) is 0. The van der Waals surface area contributed by atoms with Crippen molar-refractivity contribution in [2.75, 3.05) is 5.32 Å². The van der Waals surface area contributed by atoms with Crippen LogP contribution in [0, 0.1) is 13.8 Å². The van der Waals surface area contributed by atoms with E-state index >= 15 is 0 Å². The molecule has 2 nitrogen and oxygen atoms in total. The maximum Gasteiger partial charge on any atom is 0.0420 e. The van der Waals surface area contributed by atoms with Gasteiger partial charge in [-0.2, -0.15) is 0 Å². The molecule has 4 rings (SSSR count). The summed E-state index contributed by atoms with van der Waals surface area (Å²) in [5.41, 5.74) is 10.5. The Bertz CT molecular complexity index is 900. The lowest BCUT2D eigenvalue weighted by atomic mass is 9.99. The average Bonchev–Trinajstić information content (AvgIpc) is 2.81. The Hall–Kier alpha value is -2.74. The average molecular weight is 328 g/mol. The lowest BCUT2D eigenvalue weighted by Gasteiger charge is -2.20. The number of nitrogens with one attached hydrogen (secondary N) is 2. The molecule has 2 aromatic carbocycles. The molecule has 2 aromatic rings. The van der Waals surface area contributed by atoms with E-state index in [-0.39, 0.29) is 0 Å². The molecule has 1 aliphatic heterocycles. The monoisotopic (exact) mass is 328 g/mol. The van der Waals surface area contributed by atoms with Gasteiger partial charge in [0, 0.05) is 30.0 Å². The molecule has 1 heterocycles. The van der Waals surface area contributed by atoms with Crippen molar-refractivity contribution in [3.63, 3.8) is 0 Å². The molecule has 0 atom stereocenters. The first-order chi connectivity index (χ1) is 12.2. The molecule has 0 spiro atoms. The number of rotatable bonds is 3. The van der Waals surface area contributed by atoms with Crippen molar-refractivity contribution >= 4 is 5.69 Å². The summed E-state index contributed by atoms with van der Waals surface area (Å²) < 4.78 is 0. The van der Waals surface area contributed by atoms with Gasteiger partial charge < -0.3 is 10.6 Å². The number of benzene rings is 2. The highest BCUT2D eigenvalue weighted by molar-refractivity contribution is 5.63. The van der Waals surface area contributed by atoms with Gasteiger partial charge in [-0.1, -0.05) is 48.0 Å². The molecular formula is C23H24N2. The van der Waals surface area contributed by atoms with Crippen LogP contribution < -0.4 is 10.6 Å². The van der Waals surface area contributed by atoms with Crippen molar-refractivity contribution < 1.29 is 0 Å². The third kappa shape index (κ3) is 3.39. The fourth-order valence-corrected chi connectivity index (χ4v) is 3.47. The van der Waals surface area contributed by atoms with Gasteiger partial charge in [-0.05, 0) is 60.8 Å². The fourth-order valence-electron chi connectivity index (χ4n) is 3.47. The molecular weight excluding hydrogens is 304 g/mol. The lowest BCUT2D eigenvalue weighted by Crippen LogP contribution is -2.17. The molecule has 0 aromatic heterocycles. The minimum atomic E-state index is 0.878. The third-order valence-corrected chi connectivity index (χ3v) is 5.04. The number of allylic oxidation sites excluding steroid dienone is 5. The van der Waals surface area contributed by atoms with Gasteiger partial charge in [0.05, 0.1) is 0 Å². The van der Waals surface area contributed by atoms with E-state index in [1.807, 2.05) is 0 Å². The highest BCUT2D eigenvalue weighted by Crippen LogP contribution is 2.30. The van der Waals surface area contributed by atoms with Crippen LogP contribution in [0.3, 0.4) is 0 Å². The Balaban J connectivity index is 1.50. The molecule has 0 unspecified atom stereocenters. The van der Waals surface area contributed by atoms with Crippen LogP contribution in [0.2, 0.25) is 0 Å². The minimum absolute atomic E-state index is 0.878. The zero-order valence-electron chi connectivity index (χ0n) is 14.9. The van der Waals surface area contributed by atoms with Crippen LogP contribution in [-0.2, 0) is 13.0 Å². The molecule has 25 heavy (non-hydrogen) atoms. The molecule has 2 aliphatic rings. The van der Waals surface area contributed by atoms with Gasteiger partial charge in [0.2, 0.25) is 0 Å². The van der Waals surface area contributed by atoms with E-state index in [0.717, 1.165) is 19.4 Å². The van der Waals surface area contributed by atoms with E-state index in [9.17, 15) is 0 Å². The molecule has 126 valence electrons. The van der Waals surface area contributed by atoms with Crippen LogP contribution in [0.25, 0.3) is 0 Å². The Morgan fingerprint density at radius 3 is 2.84 bits per heavy atom. The largest absolute Gasteiger partial charge is 0.384 e. The maximum absolute atomic E-state index is 3.63. The lowest BCUT2D eigenvalue weighted by molar-refractivity contribution is 0.771. The number of para-hydroxylation sites is 1. The standard InChI is InChI=1S/C23H24N2/c1-16-7-8-17(2)20(13-16)15-24-21-11-12-23-19(14-21)10-9-18-5-3-4-6-22(18)25-23/h3-8,10-13,24-25H,9,14-15H2,1-2H3. The second-order valence-corrected chi connectivity index (χ2v) is 6.95. The van der Waals surface area contributed by atoms with Gasteiger partial charge in [0.15, 0.2) is 0 Å². The van der Waals surface area contributed by atoms with Gasteiger partial charge in [0.1, 0.15) is 0 Å². The predicted octanol–water partition coefficient (Wildman–Crippen LogP) is 5.16. The minimum Gasteiger partial charge on any atom is -0.384 e. The van der Waals surface area contributed by atoms with E-state index < -0.39 is 0 Å². The van der Waals surface area contributed by atoms with Gasteiger partial charge in [0.25, 0.3) is 0 Å². The second kappa shape index (κ2) is 6.64. The van der Waals surface area contributed by atoms with Crippen LogP contribution in [0.4, 0.5) is 5.69 Å². The highest BCUT2D eigenvalue weighted by Gasteiger charge is 2.16. The van der Waals surface area contributed by atoms with E-state index in [1.54, 1.807) is 0 Å². The van der Waals surface area contributed by atoms with Crippen LogP contribution in [0.5, 0.6) is 0 Å². The molecule has 2 heteroatoms. The number of fused-ring (bicyclic) bond motifs is 2. The van der Waals surface area contributed by atoms with E-state index in [4.69, 9.17) is 0 Å². The number of anilines is 1. The van der Waals surface area contributed by atoms with Crippen LogP contribution >= 0.6 is 0 Å². The van der Waals surface area contributed by atoms with Crippen molar-refractivity contribution in [1.29, 1.82) is 0 Å². The quantitative estimate of drug-likeness (QED) is 0.813. The fraction of sp³-hybridized carbons (Fsp3) is 0.217. The summed E-state index contributed by atoms with van der Waals surface area (Å²) in [5.74, 6) is 0. The first-order valence-corrected chi connectivity index (χ1v) is 8.94. The summed E-state index contributed by atoms with van der Waals surface area (Å²) in [6.07, 6.45) is 8.71. The third-order valence-electron chi connectivity index (χ3n) is 5.04. The van der Waals surface area contributed by atoms with Crippen molar-refractivity contribution in [2.24, 2.45) is 0 Å². The first kappa shape index (κ1) is 15.8. The summed E-state index contributed by atoms with van der Waals surface area (Å²) in [7, 11) is 0. The van der Waals surface area contributed by atoms with Crippen LogP contribution in [0.15, 0.2) is 77.7 Å². The smallest absolute Gasteiger partial charge is 0.0420 e. The molecule has 0 amide bonds. The van der Waals surface area contributed by atoms with Crippen molar-refractivity contribution in [3.05, 3.63) is 99.9 Å². The first-order valence-electron chi connectivity index (χ1n) is 8.94. The van der Waals surface area contributed by atoms with Crippen molar-refractivity contribution in [2.45, 2.75) is 33.2 Å². The van der Waals surface area contributed by atoms with Crippen LogP contribution in [0.1, 0.15) is 28.7 Å². The Kier molecular flexibility index (Phi) is 4.19. The Morgan fingerprint density at radius 1 is 1.04 bits per heavy atom. The van der Waals surface area contributed by atoms with Gasteiger partial charge in [-0.25, -0.2) is 0 Å². The van der Waals surface area contributed by atoms with Crippen molar-refractivity contribution in [3.8, 4) is 0 Å². The molecule has 0 saturated carbocycles. The topological polar surface area (TPSA) is 24.1 Å².